The number of carbonyl (C=O) groups excluding carboxylic acids is 1. The van der Waals surface area contributed by atoms with Crippen LogP contribution >= 0.6 is 0 Å². The van der Waals surface area contributed by atoms with Crippen molar-refractivity contribution >= 4 is 5.97 Å². The lowest BCUT2D eigenvalue weighted by Gasteiger charge is -2.04. The van der Waals surface area contributed by atoms with Gasteiger partial charge >= 0.3 is 11.9 Å². The fourth-order valence-corrected chi connectivity index (χ4v) is 1.55. The molecule has 0 N–H and O–H groups in total. The summed E-state index contributed by atoms with van der Waals surface area (Å²) in [6, 6.07) is 7.27. The van der Waals surface area contributed by atoms with Gasteiger partial charge in [0.15, 0.2) is 0 Å². The van der Waals surface area contributed by atoms with Crippen LogP contribution in [0.1, 0.15) is 31.0 Å². The van der Waals surface area contributed by atoms with Crippen molar-refractivity contribution in [3.63, 3.8) is 0 Å². The van der Waals surface area contributed by atoms with E-state index in [9.17, 15) is 4.79 Å². The summed E-state index contributed by atoms with van der Waals surface area (Å²) < 4.78 is 15.6. The van der Waals surface area contributed by atoms with E-state index in [-0.39, 0.29) is 18.4 Å². The molecule has 0 spiro atoms. The van der Waals surface area contributed by atoms with Gasteiger partial charge in [0.05, 0.1) is 13.2 Å². The molecule has 0 amide bonds. The minimum Gasteiger partial charge on any atom is -0.494 e. The summed E-state index contributed by atoms with van der Waals surface area (Å²) in [5.41, 5.74) is 0.696. The topological polar surface area (TPSA) is 74.5 Å². The summed E-state index contributed by atoms with van der Waals surface area (Å²) >= 11 is 0. The molecule has 0 aliphatic rings. The van der Waals surface area contributed by atoms with E-state index >= 15 is 0 Å². The zero-order valence-electron chi connectivity index (χ0n) is 11.5. The Morgan fingerprint density at radius 3 is 2.90 bits per heavy atom. The molecule has 0 fully saturated rings. The van der Waals surface area contributed by atoms with E-state index in [0.29, 0.717) is 12.2 Å². The van der Waals surface area contributed by atoms with Crippen molar-refractivity contribution in [2.45, 2.75) is 20.3 Å². The number of aromatic nitrogens is 2. The summed E-state index contributed by atoms with van der Waals surface area (Å²) in [5, 5.41) is 7.51. The third kappa shape index (κ3) is 3.34. The molecule has 0 unspecified atom stereocenters. The van der Waals surface area contributed by atoms with E-state index in [1.807, 2.05) is 19.1 Å². The van der Waals surface area contributed by atoms with Crippen LogP contribution in [0.3, 0.4) is 0 Å². The van der Waals surface area contributed by atoms with Crippen molar-refractivity contribution < 1.29 is 18.7 Å². The molecule has 1 aromatic carbocycles. The maximum atomic E-state index is 11.5. The van der Waals surface area contributed by atoms with Crippen molar-refractivity contribution in [2.75, 3.05) is 13.2 Å². The van der Waals surface area contributed by atoms with Gasteiger partial charge in [0.2, 0.25) is 5.89 Å². The van der Waals surface area contributed by atoms with Gasteiger partial charge < -0.3 is 13.9 Å². The zero-order chi connectivity index (χ0) is 14.4. The molecule has 0 atom stereocenters. The number of rotatable bonds is 6. The lowest BCUT2D eigenvalue weighted by Crippen LogP contribution is -2.04. The quantitative estimate of drug-likeness (QED) is 0.755. The molecule has 1 aromatic heterocycles. The Morgan fingerprint density at radius 1 is 1.30 bits per heavy atom. The van der Waals surface area contributed by atoms with Gasteiger partial charge in [-0.2, -0.15) is 0 Å². The molecule has 2 aromatic rings. The third-order valence-electron chi connectivity index (χ3n) is 2.43. The minimum atomic E-state index is -0.621. The maximum absolute atomic E-state index is 11.5. The highest BCUT2D eigenvalue weighted by Gasteiger charge is 2.16. The third-order valence-corrected chi connectivity index (χ3v) is 2.43. The van der Waals surface area contributed by atoms with E-state index in [4.69, 9.17) is 13.9 Å². The van der Waals surface area contributed by atoms with Crippen molar-refractivity contribution in [3.8, 4) is 17.2 Å². The fraction of sp³-hybridized carbons (Fsp3) is 0.357. The van der Waals surface area contributed by atoms with Crippen LogP contribution in [0.15, 0.2) is 28.7 Å². The number of hydrogen-bond acceptors (Lipinski definition) is 6. The molecule has 20 heavy (non-hydrogen) atoms. The normalized spacial score (nSPS) is 10.3. The van der Waals surface area contributed by atoms with Crippen molar-refractivity contribution in [1.82, 2.24) is 10.2 Å². The molecule has 0 radical (unpaired) electrons. The van der Waals surface area contributed by atoms with Gasteiger partial charge in [0.1, 0.15) is 5.75 Å². The Kier molecular flexibility index (Phi) is 4.70. The SMILES string of the molecule is CCCOc1cccc(-c2nnc(C(=O)OCC)o2)c1. The molecule has 6 heteroatoms. The van der Waals surface area contributed by atoms with Crippen LogP contribution in [0, 0.1) is 0 Å². The van der Waals surface area contributed by atoms with Gasteiger partial charge in [0.25, 0.3) is 0 Å². The summed E-state index contributed by atoms with van der Waals surface area (Å²) in [6.45, 7) is 4.65. The van der Waals surface area contributed by atoms with E-state index in [2.05, 4.69) is 10.2 Å². The van der Waals surface area contributed by atoms with Gasteiger partial charge in [-0.1, -0.05) is 13.0 Å². The number of benzene rings is 1. The van der Waals surface area contributed by atoms with E-state index < -0.39 is 5.97 Å². The summed E-state index contributed by atoms with van der Waals surface area (Å²) in [6.07, 6.45) is 0.928. The standard InChI is InChI=1S/C14H16N2O4/c1-3-8-19-11-7-5-6-10(9-11)12-15-16-13(20-12)14(17)18-4-2/h5-7,9H,3-4,8H2,1-2H3. The Hall–Kier alpha value is -2.37. The van der Waals surface area contributed by atoms with Crippen LogP contribution in [0.5, 0.6) is 5.75 Å². The highest BCUT2D eigenvalue weighted by Crippen LogP contribution is 2.23. The van der Waals surface area contributed by atoms with Crippen LogP contribution < -0.4 is 4.74 Å². The lowest BCUT2D eigenvalue weighted by molar-refractivity contribution is 0.0481. The highest BCUT2D eigenvalue weighted by atomic mass is 16.5. The predicted octanol–water partition coefficient (Wildman–Crippen LogP) is 2.70. The fourth-order valence-electron chi connectivity index (χ4n) is 1.55. The average molecular weight is 276 g/mol. The van der Waals surface area contributed by atoms with Gasteiger partial charge in [-0.05, 0) is 31.5 Å². The van der Waals surface area contributed by atoms with Crippen LogP contribution in [-0.4, -0.2) is 29.4 Å². The van der Waals surface area contributed by atoms with Gasteiger partial charge in [0, 0.05) is 5.56 Å². The first-order chi connectivity index (χ1) is 9.74. The molecule has 0 saturated heterocycles. The van der Waals surface area contributed by atoms with Gasteiger partial charge in [-0.25, -0.2) is 4.79 Å². The second-order valence-electron chi connectivity index (χ2n) is 4.01. The molecule has 0 bridgehead atoms. The number of esters is 1. The number of carbonyl (C=O) groups is 1. The summed E-state index contributed by atoms with van der Waals surface area (Å²) in [5.74, 6) is 0.210. The number of hydrogen-bond donors (Lipinski definition) is 0. The Bertz CT molecular complexity index is 580. The van der Waals surface area contributed by atoms with Gasteiger partial charge in [-0.15, -0.1) is 10.2 Å². The molecule has 6 nitrogen and oxygen atoms in total. The highest BCUT2D eigenvalue weighted by molar-refractivity contribution is 5.84. The smallest absolute Gasteiger partial charge is 0.396 e. The van der Waals surface area contributed by atoms with Crippen LogP contribution in [0.25, 0.3) is 11.5 Å². The van der Waals surface area contributed by atoms with Crippen molar-refractivity contribution in [3.05, 3.63) is 30.2 Å². The molecule has 0 aliphatic carbocycles. The second-order valence-corrected chi connectivity index (χ2v) is 4.01. The zero-order valence-corrected chi connectivity index (χ0v) is 11.5. The van der Waals surface area contributed by atoms with Crippen LogP contribution in [0.4, 0.5) is 0 Å². The molecular weight excluding hydrogens is 260 g/mol. The number of nitrogens with zero attached hydrogens (tertiary/aromatic N) is 2. The minimum absolute atomic E-state index is 0.151. The van der Waals surface area contributed by atoms with Crippen LogP contribution in [-0.2, 0) is 4.74 Å². The van der Waals surface area contributed by atoms with Crippen molar-refractivity contribution in [1.29, 1.82) is 0 Å². The summed E-state index contributed by atoms with van der Waals surface area (Å²) in [4.78, 5) is 11.5. The van der Waals surface area contributed by atoms with Crippen molar-refractivity contribution in [2.24, 2.45) is 0 Å². The van der Waals surface area contributed by atoms with Crippen LogP contribution in [0.2, 0.25) is 0 Å². The molecule has 0 saturated carbocycles. The first kappa shape index (κ1) is 14.0. The van der Waals surface area contributed by atoms with E-state index in [1.54, 1.807) is 19.1 Å². The molecular formula is C14H16N2O4. The monoisotopic (exact) mass is 276 g/mol. The first-order valence-corrected chi connectivity index (χ1v) is 6.48. The maximum Gasteiger partial charge on any atom is 0.396 e. The molecule has 0 aliphatic heterocycles. The van der Waals surface area contributed by atoms with E-state index in [0.717, 1.165) is 12.2 Å². The molecule has 106 valence electrons. The first-order valence-electron chi connectivity index (χ1n) is 6.48. The second kappa shape index (κ2) is 6.70. The largest absolute Gasteiger partial charge is 0.494 e. The average Bonchev–Trinajstić information content (AvgIpc) is 2.95. The molecule has 2 rings (SSSR count). The van der Waals surface area contributed by atoms with Gasteiger partial charge in [-0.3, -0.25) is 0 Å². The summed E-state index contributed by atoms with van der Waals surface area (Å²) in [7, 11) is 0. The predicted molar refractivity (Wildman–Crippen MR) is 71.5 cm³/mol. The Morgan fingerprint density at radius 2 is 2.15 bits per heavy atom. The lowest BCUT2D eigenvalue weighted by atomic mass is 10.2. The number of ether oxygens (including phenoxy) is 2. The van der Waals surface area contributed by atoms with E-state index in [1.165, 1.54) is 0 Å². The molecule has 1 heterocycles. The Balaban J connectivity index is 2.17. The Labute approximate surface area is 116 Å².